The van der Waals surface area contributed by atoms with Gasteiger partial charge in [0.1, 0.15) is 11.6 Å². The lowest BCUT2D eigenvalue weighted by Crippen LogP contribution is -2.06. The van der Waals surface area contributed by atoms with Gasteiger partial charge < -0.3 is 10.6 Å². The molecule has 1 heterocycles. The second-order valence-electron chi connectivity index (χ2n) is 4.78. The third kappa shape index (κ3) is 4.19. The van der Waals surface area contributed by atoms with Crippen molar-refractivity contribution in [1.82, 2.24) is 15.2 Å². The molecule has 0 saturated heterocycles. The van der Waals surface area contributed by atoms with Crippen molar-refractivity contribution in [3.63, 3.8) is 0 Å². The third-order valence-electron chi connectivity index (χ3n) is 3.02. The largest absolute Gasteiger partial charge is 0.349 e. The van der Waals surface area contributed by atoms with Crippen molar-refractivity contribution in [3.05, 3.63) is 71.9 Å². The second-order valence-corrected chi connectivity index (χ2v) is 4.78. The summed E-state index contributed by atoms with van der Waals surface area (Å²) in [4.78, 5) is 4.24. The van der Waals surface area contributed by atoms with E-state index in [-0.39, 0.29) is 11.6 Å². The molecule has 7 heteroatoms. The van der Waals surface area contributed by atoms with Gasteiger partial charge in [0.25, 0.3) is 0 Å². The smallest absolute Gasteiger partial charge is 0.244 e. The van der Waals surface area contributed by atoms with Crippen LogP contribution in [0.2, 0.25) is 0 Å². The van der Waals surface area contributed by atoms with Gasteiger partial charge in [-0.2, -0.15) is 10.1 Å². The van der Waals surface area contributed by atoms with E-state index in [1.807, 2.05) is 0 Å². The molecule has 1 aromatic heterocycles. The van der Waals surface area contributed by atoms with Crippen LogP contribution in [0.4, 0.5) is 26.2 Å². The average Bonchev–Trinajstić information content (AvgIpc) is 2.55. The highest BCUT2D eigenvalue weighted by Gasteiger charge is 2.02. The van der Waals surface area contributed by atoms with Crippen LogP contribution in [0.25, 0.3) is 0 Å². The fourth-order valence-corrected chi connectivity index (χ4v) is 1.94. The van der Waals surface area contributed by atoms with Gasteiger partial charge in [0.2, 0.25) is 5.95 Å². The van der Waals surface area contributed by atoms with E-state index in [1.165, 1.54) is 30.5 Å². The van der Waals surface area contributed by atoms with Crippen LogP contribution in [0, 0.1) is 11.6 Å². The SMILES string of the molecule is Fc1ccc(CNc2nncc(Nc3cccc(F)c3)n2)cc1. The molecule has 0 spiro atoms. The molecule has 116 valence electrons. The molecule has 0 amide bonds. The molecule has 0 fully saturated rings. The van der Waals surface area contributed by atoms with E-state index in [4.69, 9.17) is 0 Å². The Morgan fingerprint density at radius 1 is 0.957 bits per heavy atom. The standard InChI is InChI=1S/C16H13F2N5/c17-12-6-4-11(5-7-12)9-19-16-22-15(10-20-23-16)21-14-3-1-2-13(18)8-14/h1-8,10H,9H2,(H2,19,21,22,23). The van der Waals surface area contributed by atoms with Gasteiger partial charge >= 0.3 is 0 Å². The number of nitrogens with one attached hydrogen (secondary N) is 2. The fourth-order valence-electron chi connectivity index (χ4n) is 1.94. The predicted octanol–water partition coefficient (Wildman–Crippen LogP) is 3.51. The summed E-state index contributed by atoms with van der Waals surface area (Å²) in [6.45, 7) is 0.436. The summed E-state index contributed by atoms with van der Waals surface area (Å²) in [5, 5.41) is 13.7. The number of rotatable bonds is 5. The maximum Gasteiger partial charge on any atom is 0.244 e. The molecule has 2 N–H and O–H groups in total. The van der Waals surface area contributed by atoms with Crippen molar-refractivity contribution >= 4 is 17.5 Å². The maximum atomic E-state index is 13.2. The molecule has 5 nitrogen and oxygen atoms in total. The lowest BCUT2D eigenvalue weighted by molar-refractivity contribution is 0.627. The molecular formula is C16H13F2N5. The Bertz CT molecular complexity index is 792. The van der Waals surface area contributed by atoms with Gasteiger partial charge in [-0.05, 0) is 35.9 Å². The predicted molar refractivity (Wildman–Crippen MR) is 83.2 cm³/mol. The Morgan fingerprint density at radius 2 is 1.78 bits per heavy atom. The Balaban J connectivity index is 1.66. The van der Waals surface area contributed by atoms with Crippen LogP contribution >= 0.6 is 0 Å². The molecule has 0 unspecified atom stereocenters. The molecule has 2 aromatic carbocycles. The Morgan fingerprint density at radius 3 is 2.57 bits per heavy atom. The number of aromatic nitrogens is 3. The topological polar surface area (TPSA) is 62.7 Å². The molecule has 0 aliphatic rings. The van der Waals surface area contributed by atoms with Crippen molar-refractivity contribution in [2.45, 2.75) is 6.54 Å². The summed E-state index contributed by atoms with van der Waals surface area (Å²) < 4.78 is 26.0. The molecule has 23 heavy (non-hydrogen) atoms. The second kappa shape index (κ2) is 6.78. The van der Waals surface area contributed by atoms with Gasteiger partial charge in [-0.1, -0.05) is 18.2 Å². The zero-order valence-electron chi connectivity index (χ0n) is 12.0. The monoisotopic (exact) mass is 313 g/mol. The molecule has 0 saturated carbocycles. The van der Waals surface area contributed by atoms with Gasteiger partial charge in [-0.25, -0.2) is 8.78 Å². The molecular weight excluding hydrogens is 300 g/mol. The van der Waals surface area contributed by atoms with Crippen LogP contribution in [0.5, 0.6) is 0 Å². The highest BCUT2D eigenvalue weighted by molar-refractivity contribution is 5.55. The number of halogens is 2. The minimum atomic E-state index is -0.341. The summed E-state index contributed by atoms with van der Waals surface area (Å²) in [5.41, 5.74) is 1.45. The summed E-state index contributed by atoms with van der Waals surface area (Å²) in [6.07, 6.45) is 1.44. The van der Waals surface area contributed by atoms with Crippen molar-refractivity contribution in [3.8, 4) is 0 Å². The Hall–Kier alpha value is -3.09. The average molecular weight is 313 g/mol. The number of nitrogens with zero attached hydrogens (tertiary/aromatic N) is 3. The van der Waals surface area contributed by atoms with Crippen LogP contribution in [-0.4, -0.2) is 15.2 Å². The van der Waals surface area contributed by atoms with E-state index in [1.54, 1.807) is 24.3 Å². The first-order valence-corrected chi connectivity index (χ1v) is 6.90. The van der Waals surface area contributed by atoms with Crippen molar-refractivity contribution < 1.29 is 8.78 Å². The zero-order valence-corrected chi connectivity index (χ0v) is 12.0. The summed E-state index contributed by atoms with van der Waals surface area (Å²) in [7, 11) is 0. The van der Waals surface area contributed by atoms with Crippen LogP contribution < -0.4 is 10.6 Å². The van der Waals surface area contributed by atoms with Crippen LogP contribution in [0.1, 0.15) is 5.56 Å². The van der Waals surface area contributed by atoms with Crippen LogP contribution in [0.3, 0.4) is 0 Å². The maximum absolute atomic E-state index is 13.2. The first-order chi connectivity index (χ1) is 11.2. The van der Waals surface area contributed by atoms with Gasteiger partial charge in [0.15, 0.2) is 5.82 Å². The lowest BCUT2D eigenvalue weighted by atomic mass is 10.2. The number of hydrogen-bond acceptors (Lipinski definition) is 5. The summed E-state index contributed by atoms with van der Waals surface area (Å²) in [5.74, 6) is 0.127. The number of benzene rings is 2. The first kappa shape index (κ1) is 14.8. The van der Waals surface area contributed by atoms with Crippen LogP contribution in [0.15, 0.2) is 54.7 Å². The molecule has 0 atom stereocenters. The third-order valence-corrected chi connectivity index (χ3v) is 3.02. The highest BCUT2D eigenvalue weighted by atomic mass is 19.1. The first-order valence-electron chi connectivity index (χ1n) is 6.90. The van der Waals surface area contributed by atoms with Gasteiger partial charge in [-0.3, -0.25) is 0 Å². The zero-order chi connectivity index (χ0) is 16.1. The van der Waals surface area contributed by atoms with Crippen molar-refractivity contribution in [2.24, 2.45) is 0 Å². The van der Waals surface area contributed by atoms with E-state index in [0.717, 1.165) is 5.56 Å². The number of anilines is 3. The van der Waals surface area contributed by atoms with Gasteiger partial charge in [-0.15, -0.1) is 5.10 Å². The van der Waals surface area contributed by atoms with E-state index in [0.29, 0.717) is 24.0 Å². The van der Waals surface area contributed by atoms with E-state index in [2.05, 4.69) is 25.8 Å². The molecule has 3 aromatic rings. The molecule has 0 radical (unpaired) electrons. The molecule has 3 rings (SSSR count). The minimum Gasteiger partial charge on any atom is -0.349 e. The molecule has 0 bridgehead atoms. The normalized spacial score (nSPS) is 10.3. The summed E-state index contributed by atoms with van der Waals surface area (Å²) >= 11 is 0. The number of hydrogen-bond donors (Lipinski definition) is 2. The van der Waals surface area contributed by atoms with E-state index < -0.39 is 0 Å². The van der Waals surface area contributed by atoms with Crippen molar-refractivity contribution in [2.75, 3.05) is 10.6 Å². The molecule has 0 aliphatic carbocycles. The quantitative estimate of drug-likeness (QED) is 0.755. The highest BCUT2D eigenvalue weighted by Crippen LogP contribution is 2.15. The minimum absolute atomic E-state index is 0.284. The van der Waals surface area contributed by atoms with E-state index in [9.17, 15) is 8.78 Å². The van der Waals surface area contributed by atoms with Crippen molar-refractivity contribution in [1.29, 1.82) is 0 Å². The molecule has 0 aliphatic heterocycles. The van der Waals surface area contributed by atoms with Crippen LogP contribution in [-0.2, 0) is 6.54 Å². The Labute approximate surface area is 131 Å². The summed E-state index contributed by atoms with van der Waals surface area (Å²) in [6, 6.07) is 12.1. The fraction of sp³-hybridized carbons (Fsp3) is 0.0625. The lowest BCUT2D eigenvalue weighted by Gasteiger charge is -2.08. The van der Waals surface area contributed by atoms with Gasteiger partial charge in [0.05, 0.1) is 6.20 Å². The van der Waals surface area contributed by atoms with Gasteiger partial charge in [0, 0.05) is 12.2 Å². The Kier molecular flexibility index (Phi) is 4.37. The van der Waals surface area contributed by atoms with E-state index >= 15 is 0 Å².